The van der Waals surface area contributed by atoms with Gasteiger partial charge in [-0.1, -0.05) is 37.3 Å². The predicted molar refractivity (Wildman–Crippen MR) is 102 cm³/mol. The molecular formula is C20H28N4O3. The van der Waals surface area contributed by atoms with Crippen LogP contribution in [0, 0.1) is 0 Å². The molecule has 2 fully saturated rings. The van der Waals surface area contributed by atoms with E-state index in [-0.39, 0.29) is 18.2 Å². The summed E-state index contributed by atoms with van der Waals surface area (Å²) in [6.45, 7) is 5.09. The molecule has 0 spiro atoms. The number of likely N-dealkylation sites (N-methyl/N-ethyl adjacent to an activating group) is 1. The molecule has 1 aromatic rings. The van der Waals surface area contributed by atoms with Crippen molar-refractivity contribution in [2.45, 2.75) is 44.7 Å². The maximum Gasteiger partial charge on any atom is 0.324 e. The fraction of sp³-hybridized carbons (Fsp3) is 0.550. The second-order valence-corrected chi connectivity index (χ2v) is 7.16. The number of urea groups is 1. The van der Waals surface area contributed by atoms with Gasteiger partial charge >= 0.3 is 6.03 Å². The number of nitrogens with zero attached hydrogens (tertiary/aromatic N) is 2. The molecule has 3 rings (SSSR count). The first-order chi connectivity index (χ1) is 13.1. The van der Waals surface area contributed by atoms with Gasteiger partial charge in [-0.3, -0.25) is 19.4 Å². The lowest BCUT2D eigenvalue weighted by molar-refractivity contribution is -0.130. The maximum absolute atomic E-state index is 12.5. The molecule has 0 saturated carbocycles. The van der Waals surface area contributed by atoms with Gasteiger partial charge in [-0.25, -0.2) is 4.79 Å². The fourth-order valence-electron chi connectivity index (χ4n) is 3.84. The number of hydrogen-bond acceptors (Lipinski definition) is 4. The zero-order valence-corrected chi connectivity index (χ0v) is 15.8. The van der Waals surface area contributed by atoms with Crippen molar-refractivity contribution in [2.24, 2.45) is 0 Å². The summed E-state index contributed by atoms with van der Waals surface area (Å²) in [5, 5.41) is 5.56. The van der Waals surface area contributed by atoms with Crippen LogP contribution in [0.5, 0.6) is 0 Å². The number of imide groups is 1. The summed E-state index contributed by atoms with van der Waals surface area (Å²) in [7, 11) is 0. The van der Waals surface area contributed by atoms with Gasteiger partial charge < -0.3 is 10.6 Å². The minimum atomic E-state index is -0.765. The Bertz CT molecular complexity index is 679. The number of benzene rings is 1. The molecule has 2 heterocycles. The van der Waals surface area contributed by atoms with Crippen molar-refractivity contribution < 1.29 is 14.4 Å². The molecule has 146 valence electrons. The highest BCUT2D eigenvalue weighted by Crippen LogP contribution is 2.16. The molecule has 0 radical (unpaired) electrons. The summed E-state index contributed by atoms with van der Waals surface area (Å²) in [4.78, 5) is 40.4. The molecule has 2 aliphatic heterocycles. The average molecular weight is 372 g/mol. The van der Waals surface area contributed by atoms with E-state index >= 15 is 0 Å². The number of hydrogen-bond donors (Lipinski definition) is 2. The van der Waals surface area contributed by atoms with Crippen molar-refractivity contribution in [1.29, 1.82) is 0 Å². The summed E-state index contributed by atoms with van der Waals surface area (Å²) >= 11 is 0. The minimum Gasteiger partial charge on any atom is -0.354 e. The Morgan fingerprint density at radius 2 is 2.04 bits per heavy atom. The monoisotopic (exact) mass is 372 g/mol. The second-order valence-electron chi connectivity index (χ2n) is 7.16. The summed E-state index contributed by atoms with van der Waals surface area (Å²) in [5.41, 5.74) is 1.07. The van der Waals surface area contributed by atoms with Crippen LogP contribution in [-0.4, -0.2) is 65.9 Å². The Balaban J connectivity index is 1.45. The van der Waals surface area contributed by atoms with Crippen LogP contribution in [0.3, 0.4) is 0 Å². The molecule has 1 aromatic carbocycles. The summed E-state index contributed by atoms with van der Waals surface area (Å²) in [6.07, 6.45) is 2.83. The van der Waals surface area contributed by atoms with Crippen molar-refractivity contribution >= 4 is 17.8 Å². The van der Waals surface area contributed by atoms with Crippen molar-refractivity contribution in [3.8, 4) is 0 Å². The number of likely N-dealkylation sites (tertiary alicyclic amines) is 1. The number of carbonyl (C=O) groups is 3. The molecule has 0 unspecified atom stereocenters. The van der Waals surface area contributed by atoms with E-state index in [0.29, 0.717) is 25.6 Å². The molecule has 0 aromatic heterocycles. The van der Waals surface area contributed by atoms with Gasteiger partial charge in [0.2, 0.25) is 5.91 Å². The Labute approximate surface area is 160 Å². The van der Waals surface area contributed by atoms with Gasteiger partial charge in [0, 0.05) is 19.1 Å². The van der Waals surface area contributed by atoms with Gasteiger partial charge in [0.25, 0.3) is 5.91 Å². The first-order valence-corrected chi connectivity index (χ1v) is 9.75. The average Bonchev–Trinajstić information content (AvgIpc) is 3.23. The van der Waals surface area contributed by atoms with Gasteiger partial charge in [0.15, 0.2) is 0 Å². The zero-order chi connectivity index (χ0) is 19.2. The third-order valence-electron chi connectivity index (χ3n) is 5.40. The lowest BCUT2D eigenvalue weighted by Crippen LogP contribution is -2.42. The zero-order valence-electron chi connectivity index (χ0n) is 15.8. The van der Waals surface area contributed by atoms with Crippen LogP contribution in [0.2, 0.25) is 0 Å². The standard InChI is InChI=1S/C20H28N4O3/c1-2-23-11-6-9-16(23)14-21-18(25)13-17-19(26)24(20(27)22-17)12-10-15-7-4-3-5-8-15/h3-5,7-8,16-17H,2,6,9-14H2,1H3,(H,21,25)(H,22,27)/t16-,17-/m1/s1. The molecule has 2 atom stereocenters. The van der Waals surface area contributed by atoms with Crippen molar-refractivity contribution in [3.63, 3.8) is 0 Å². The highest BCUT2D eigenvalue weighted by molar-refractivity contribution is 6.05. The van der Waals surface area contributed by atoms with Gasteiger partial charge in [0.05, 0.1) is 6.42 Å². The van der Waals surface area contributed by atoms with Crippen LogP contribution in [0.25, 0.3) is 0 Å². The van der Waals surface area contributed by atoms with E-state index in [1.165, 1.54) is 4.90 Å². The third kappa shape index (κ3) is 4.86. The van der Waals surface area contributed by atoms with E-state index in [4.69, 9.17) is 0 Å². The molecule has 7 nitrogen and oxygen atoms in total. The molecule has 2 N–H and O–H groups in total. The Kier molecular flexibility index (Phi) is 6.45. The number of carbonyl (C=O) groups excluding carboxylic acids is 3. The lowest BCUT2D eigenvalue weighted by Gasteiger charge is -2.23. The smallest absolute Gasteiger partial charge is 0.324 e. The van der Waals surface area contributed by atoms with E-state index in [9.17, 15) is 14.4 Å². The van der Waals surface area contributed by atoms with E-state index in [2.05, 4.69) is 22.5 Å². The highest BCUT2D eigenvalue weighted by Gasteiger charge is 2.38. The minimum absolute atomic E-state index is 0.00868. The van der Waals surface area contributed by atoms with Crippen LogP contribution in [-0.2, 0) is 16.0 Å². The molecular weight excluding hydrogens is 344 g/mol. The fourth-order valence-corrected chi connectivity index (χ4v) is 3.84. The Morgan fingerprint density at radius 3 is 2.78 bits per heavy atom. The number of amides is 4. The van der Waals surface area contributed by atoms with E-state index in [1.54, 1.807) is 0 Å². The second kappa shape index (κ2) is 8.99. The summed E-state index contributed by atoms with van der Waals surface area (Å²) in [5.74, 6) is -0.511. The Hall–Kier alpha value is -2.41. The topological polar surface area (TPSA) is 81.8 Å². The molecule has 4 amide bonds. The van der Waals surface area contributed by atoms with Crippen LogP contribution >= 0.6 is 0 Å². The molecule has 7 heteroatoms. The van der Waals surface area contributed by atoms with Crippen LogP contribution in [0.4, 0.5) is 4.79 Å². The van der Waals surface area contributed by atoms with Crippen LogP contribution in [0.1, 0.15) is 31.7 Å². The van der Waals surface area contributed by atoms with Gasteiger partial charge in [-0.2, -0.15) is 0 Å². The molecule has 0 bridgehead atoms. The van der Waals surface area contributed by atoms with Crippen molar-refractivity contribution in [2.75, 3.05) is 26.2 Å². The van der Waals surface area contributed by atoms with Gasteiger partial charge in [-0.05, 0) is 37.9 Å². The SMILES string of the molecule is CCN1CCC[C@@H]1CNC(=O)C[C@H]1NC(=O)N(CCc2ccccc2)C1=O. The summed E-state index contributed by atoms with van der Waals surface area (Å²) in [6, 6.07) is 8.90. The van der Waals surface area contributed by atoms with Gasteiger partial charge in [0.1, 0.15) is 6.04 Å². The van der Waals surface area contributed by atoms with E-state index in [0.717, 1.165) is 31.5 Å². The van der Waals surface area contributed by atoms with E-state index < -0.39 is 12.1 Å². The van der Waals surface area contributed by atoms with Crippen LogP contribution < -0.4 is 10.6 Å². The molecule has 2 aliphatic rings. The highest BCUT2D eigenvalue weighted by atomic mass is 16.2. The van der Waals surface area contributed by atoms with Gasteiger partial charge in [-0.15, -0.1) is 0 Å². The maximum atomic E-state index is 12.5. The van der Waals surface area contributed by atoms with Crippen molar-refractivity contribution in [3.05, 3.63) is 35.9 Å². The molecule has 0 aliphatic carbocycles. The number of nitrogens with one attached hydrogen (secondary N) is 2. The van der Waals surface area contributed by atoms with E-state index in [1.807, 2.05) is 30.3 Å². The Morgan fingerprint density at radius 1 is 1.26 bits per heavy atom. The normalized spacial score (nSPS) is 22.9. The van der Waals surface area contributed by atoms with Crippen LogP contribution in [0.15, 0.2) is 30.3 Å². The molecule has 27 heavy (non-hydrogen) atoms. The quantitative estimate of drug-likeness (QED) is 0.671. The third-order valence-corrected chi connectivity index (χ3v) is 5.40. The number of rotatable bonds is 8. The summed E-state index contributed by atoms with van der Waals surface area (Å²) < 4.78 is 0. The van der Waals surface area contributed by atoms with Crippen molar-refractivity contribution in [1.82, 2.24) is 20.4 Å². The first-order valence-electron chi connectivity index (χ1n) is 9.75. The largest absolute Gasteiger partial charge is 0.354 e. The first kappa shape index (κ1) is 19.4. The molecule has 2 saturated heterocycles. The predicted octanol–water partition coefficient (Wildman–Crippen LogP) is 1.14. The lowest BCUT2D eigenvalue weighted by atomic mass is 10.1.